The molecular formula is C17H32N2O2. The van der Waals surface area contributed by atoms with Crippen LogP contribution in [-0.2, 0) is 9.47 Å². The number of nitrogens with zero attached hydrogens (tertiary/aromatic N) is 1. The van der Waals surface area contributed by atoms with Gasteiger partial charge in [0.15, 0.2) is 0 Å². The van der Waals surface area contributed by atoms with Gasteiger partial charge in [-0.1, -0.05) is 26.2 Å². The molecule has 4 nitrogen and oxygen atoms in total. The lowest BCUT2D eigenvalue weighted by atomic mass is 9.73. The minimum Gasteiger partial charge on any atom is -0.375 e. The van der Waals surface area contributed by atoms with Gasteiger partial charge in [0.1, 0.15) is 0 Å². The third-order valence-corrected chi connectivity index (χ3v) is 5.89. The van der Waals surface area contributed by atoms with E-state index in [1.165, 1.54) is 32.1 Å². The molecule has 1 saturated carbocycles. The van der Waals surface area contributed by atoms with Gasteiger partial charge in [0, 0.05) is 25.7 Å². The molecule has 2 aliphatic heterocycles. The van der Waals surface area contributed by atoms with Gasteiger partial charge in [-0.3, -0.25) is 4.90 Å². The van der Waals surface area contributed by atoms with E-state index in [0.717, 1.165) is 45.7 Å². The van der Waals surface area contributed by atoms with E-state index in [0.29, 0.717) is 5.92 Å². The van der Waals surface area contributed by atoms with Gasteiger partial charge >= 0.3 is 0 Å². The van der Waals surface area contributed by atoms with Crippen molar-refractivity contribution in [3.8, 4) is 0 Å². The summed E-state index contributed by atoms with van der Waals surface area (Å²) in [6.45, 7) is 7.10. The van der Waals surface area contributed by atoms with Gasteiger partial charge in [0.2, 0.25) is 0 Å². The molecular weight excluding hydrogens is 264 g/mol. The molecule has 2 heterocycles. The molecule has 0 bridgehead atoms. The highest BCUT2D eigenvalue weighted by molar-refractivity contribution is 4.95. The maximum absolute atomic E-state index is 6.62. The first kappa shape index (κ1) is 15.7. The largest absolute Gasteiger partial charge is 0.375 e. The van der Waals surface area contributed by atoms with E-state index >= 15 is 0 Å². The third kappa shape index (κ3) is 3.61. The first-order valence-corrected chi connectivity index (χ1v) is 8.96. The van der Waals surface area contributed by atoms with E-state index in [9.17, 15) is 0 Å². The number of hydrogen-bond acceptors (Lipinski definition) is 4. The Kier molecular flexibility index (Phi) is 5.20. The maximum atomic E-state index is 6.62. The Bertz CT molecular complexity index is 325. The summed E-state index contributed by atoms with van der Waals surface area (Å²) in [5.74, 6) is 0.568. The monoisotopic (exact) mass is 296 g/mol. The Morgan fingerprint density at radius 1 is 1.24 bits per heavy atom. The average Bonchev–Trinajstić information content (AvgIpc) is 2.55. The highest BCUT2D eigenvalue weighted by Gasteiger charge is 2.42. The molecule has 3 fully saturated rings. The fourth-order valence-electron chi connectivity index (χ4n) is 4.49. The first-order chi connectivity index (χ1) is 10.2. The summed E-state index contributed by atoms with van der Waals surface area (Å²) in [5.41, 5.74) is 6.77. The van der Waals surface area contributed by atoms with Crippen molar-refractivity contribution in [2.24, 2.45) is 11.7 Å². The molecule has 1 aliphatic carbocycles. The molecule has 0 amide bonds. The average molecular weight is 296 g/mol. The molecule has 21 heavy (non-hydrogen) atoms. The Morgan fingerprint density at radius 3 is 2.81 bits per heavy atom. The number of likely N-dealkylation sites (N-methyl/N-ethyl adjacent to an activating group) is 1. The topological polar surface area (TPSA) is 47.7 Å². The standard InChI is InChI=1S/C17H32N2O2/c1-2-19-9-11-20-15(13-19)16(18)14-6-10-21-17(12-14)7-4-3-5-8-17/h14-16H,2-13,18H2,1H3. The van der Waals surface area contributed by atoms with Gasteiger partial charge in [-0.2, -0.15) is 0 Å². The molecule has 1 spiro atoms. The number of rotatable bonds is 3. The molecule has 2 saturated heterocycles. The number of nitrogens with two attached hydrogens (primary N) is 1. The first-order valence-electron chi connectivity index (χ1n) is 8.96. The fourth-order valence-corrected chi connectivity index (χ4v) is 4.49. The summed E-state index contributed by atoms with van der Waals surface area (Å²) in [4.78, 5) is 2.46. The molecule has 3 unspecified atom stereocenters. The molecule has 0 aromatic rings. The molecule has 3 aliphatic rings. The minimum atomic E-state index is 0.151. The van der Waals surface area contributed by atoms with E-state index in [1.54, 1.807) is 0 Å². The number of morpholine rings is 1. The minimum absolute atomic E-state index is 0.151. The van der Waals surface area contributed by atoms with Gasteiger partial charge in [-0.15, -0.1) is 0 Å². The normalized spacial score (nSPS) is 35.7. The van der Waals surface area contributed by atoms with Crippen molar-refractivity contribution in [2.45, 2.75) is 69.6 Å². The third-order valence-electron chi connectivity index (χ3n) is 5.89. The number of hydrogen-bond donors (Lipinski definition) is 1. The van der Waals surface area contributed by atoms with Crippen LogP contribution in [0.25, 0.3) is 0 Å². The molecule has 3 atom stereocenters. The number of ether oxygens (including phenoxy) is 2. The smallest absolute Gasteiger partial charge is 0.0855 e. The highest BCUT2D eigenvalue weighted by Crippen LogP contribution is 2.41. The van der Waals surface area contributed by atoms with Crippen LogP contribution in [0.15, 0.2) is 0 Å². The van der Waals surface area contributed by atoms with Crippen LogP contribution in [0.1, 0.15) is 51.9 Å². The molecule has 2 N–H and O–H groups in total. The maximum Gasteiger partial charge on any atom is 0.0855 e. The van der Waals surface area contributed by atoms with E-state index < -0.39 is 0 Å². The van der Waals surface area contributed by atoms with Crippen LogP contribution in [0.5, 0.6) is 0 Å². The summed E-state index contributed by atoms with van der Waals surface area (Å²) in [6.07, 6.45) is 8.97. The lowest BCUT2D eigenvalue weighted by molar-refractivity contribution is -0.131. The van der Waals surface area contributed by atoms with Crippen LogP contribution in [0, 0.1) is 5.92 Å². The second-order valence-electron chi connectivity index (χ2n) is 7.22. The van der Waals surface area contributed by atoms with Gasteiger partial charge in [0.25, 0.3) is 0 Å². The zero-order valence-corrected chi connectivity index (χ0v) is 13.6. The van der Waals surface area contributed by atoms with Gasteiger partial charge in [-0.05, 0) is 38.1 Å². The van der Waals surface area contributed by atoms with Gasteiger partial charge in [0.05, 0.1) is 18.3 Å². The predicted octanol–water partition coefficient (Wildman–Crippen LogP) is 2.16. The van der Waals surface area contributed by atoms with Gasteiger partial charge in [-0.25, -0.2) is 0 Å². The molecule has 0 aromatic heterocycles. The Hall–Kier alpha value is -0.160. The van der Waals surface area contributed by atoms with Crippen LogP contribution in [0.2, 0.25) is 0 Å². The Labute approximate surface area is 129 Å². The van der Waals surface area contributed by atoms with E-state index in [1.807, 2.05) is 0 Å². The van der Waals surface area contributed by atoms with Crippen molar-refractivity contribution in [1.82, 2.24) is 4.90 Å². The summed E-state index contributed by atoms with van der Waals surface area (Å²) < 4.78 is 12.2. The summed E-state index contributed by atoms with van der Waals surface area (Å²) >= 11 is 0. The lowest BCUT2D eigenvalue weighted by Gasteiger charge is -2.47. The summed E-state index contributed by atoms with van der Waals surface area (Å²) in [5, 5.41) is 0. The van der Waals surface area contributed by atoms with Gasteiger partial charge < -0.3 is 15.2 Å². The molecule has 0 aromatic carbocycles. The Morgan fingerprint density at radius 2 is 2.05 bits per heavy atom. The quantitative estimate of drug-likeness (QED) is 0.867. The molecule has 3 rings (SSSR count). The predicted molar refractivity (Wildman–Crippen MR) is 84.3 cm³/mol. The van der Waals surface area contributed by atoms with Crippen LogP contribution in [-0.4, -0.2) is 55.5 Å². The van der Waals surface area contributed by atoms with Crippen molar-refractivity contribution in [1.29, 1.82) is 0 Å². The van der Waals surface area contributed by atoms with E-state index in [2.05, 4.69) is 11.8 Å². The molecule has 4 heteroatoms. The summed E-state index contributed by atoms with van der Waals surface area (Å²) in [6, 6.07) is 0.169. The SMILES string of the molecule is CCN1CCOC(C(N)C2CCOC3(CCCCC3)C2)C1. The highest BCUT2D eigenvalue weighted by atomic mass is 16.5. The molecule has 122 valence electrons. The zero-order chi connectivity index (χ0) is 14.7. The van der Waals surface area contributed by atoms with Crippen molar-refractivity contribution < 1.29 is 9.47 Å². The van der Waals surface area contributed by atoms with E-state index in [4.69, 9.17) is 15.2 Å². The van der Waals surface area contributed by atoms with Crippen LogP contribution < -0.4 is 5.73 Å². The van der Waals surface area contributed by atoms with Crippen LogP contribution in [0.4, 0.5) is 0 Å². The van der Waals surface area contributed by atoms with E-state index in [-0.39, 0.29) is 17.7 Å². The van der Waals surface area contributed by atoms with Crippen molar-refractivity contribution >= 4 is 0 Å². The molecule has 0 radical (unpaired) electrons. The van der Waals surface area contributed by atoms with Crippen molar-refractivity contribution in [2.75, 3.05) is 32.8 Å². The van der Waals surface area contributed by atoms with Crippen LogP contribution >= 0.6 is 0 Å². The van der Waals surface area contributed by atoms with Crippen LogP contribution in [0.3, 0.4) is 0 Å². The second kappa shape index (κ2) is 6.95. The summed E-state index contributed by atoms with van der Waals surface area (Å²) in [7, 11) is 0. The lowest BCUT2D eigenvalue weighted by Crippen LogP contribution is -2.56. The van der Waals surface area contributed by atoms with Crippen molar-refractivity contribution in [3.05, 3.63) is 0 Å². The second-order valence-corrected chi connectivity index (χ2v) is 7.22. The fraction of sp³-hybridized carbons (Fsp3) is 1.00. The zero-order valence-electron chi connectivity index (χ0n) is 13.6. The Balaban J connectivity index is 1.59. The van der Waals surface area contributed by atoms with Crippen molar-refractivity contribution in [3.63, 3.8) is 0 Å².